The van der Waals surface area contributed by atoms with Crippen molar-refractivity contribution < 1.29 is 14.4 Å². The van der Waals surface area contributed by atoms with Gasteiger partial charge in [0, 0.05) is 17.5 Å². The molecule has 0 aromatic carbocycles. The van der Waals surface area contributed by atoms with Crippen molar-refractivity contribution in [3.8, 4) is 0 Å². The van der Waals surface area contributed by atoms with E-state index in [1.165, 1.54) is 17.1 Å². The Bertz CT molecular complexity index is 1090. The number of hydrogen-bond acceptors (Lipinski definition) is 5. The summed E-state index contributed by atoms with van der Waals surface area (Å²) >= 11 is 5.97. The number of rotatable bonds is 4. The van der Waals surface area contributed by atoms with E-state index in [0.717, 1.165) is 5.39 Å². The number of carbonyl (C=O) groups excluding carboxylic acids is 3. The van der Waals surface area contributed by atoms with Crippen LogP contribution < -0.4 is 10.2 Å². The molecule has 0 radical (unpaired) electrons. The Kier molecular flexibility index (Phi) is 4.92. The summed E-state index contributed by atoms with van der Waals surface area (Å²) < 4.78 is 0. The van der Waals surface area contributed by atoms with Crippen LogP contribution in [0.25, 0.3) is 11.0 Å². The van der Waals surface area contributed by atoms with Gasteiger partial charge >= 0.3 is 0 Å². The fraction of sp³-hybridized carbons (Fsp3) is 0.286. The normalized spacial score (nSPS) is 21.0. The minimum atomic E-state index is -1.01. The van der Waals surface area contributed by atoms with Crippen molar-refractivity contribution in [2.24, 2.45) is 11.8 Å². The molecule has 1 fully saturated rings. The first kappa shape index (κ1) is 19.3. The van der Waals surface area contributed by atoms with Crippen LogP contribution in [0, 0.1) is 11.8 Å². The van der Waals surface area contributed by atoms with Crippen molar-refractivity contribution >= 4 is 46.0 Å². The molecule has 2 atom stereocenters. The van der Waals surface area contributed by atoms with Gasteiger partial charge in [-0.1, -0.05) is 37.6 Å². The smallest absolute Gasteiger partial charge is 0.256 e. The molecule has 0 bridgehead atoms. The Hall–Kier alpha value is -3.06. The lowest BCUT2D eigenvalue weighted by Crippen LogP contribution is -2.49. The average Bonchev–Trinajstić information content (AvgIpc) is 2.99. The van der Waals surface area contributed by atoms with Crippen LogP contribution in [0.4, 0.5) is 5.82 Å². The lowest BCUT2D eigenvalue weighted by atomic mass is 9.87. The third-order valence-electron chi connectivity index (χ3n) is 4.94. The van der Waals surface area contributed by atoms with Crippen LogP contribution in [0.5, 0.6) is 0 Å². The van der Waals surface area contributed by atoms with Gasteiger partial charge in [-0.05, 0) is 36.3 Å². The number of fused-ring (bicyclic) bond motifs is 2. The largest absolute Gasteiger partial charge is 0.354 e. The second-order valence-corrected chi connectivity index (χ2v) is 7.86. The number of allylic oxidation sites excluding steroid dienone is 3. The van der Waals surface area contributed by atoms with Gasteiger partial charge in [-0.2, -0.15) is 0 Å². The molecule has 4 rings (SSSR count). The van der Waals surface area contributed by atoms with E-state index in [-0.39, 0.29) is 28.6 Å². The second-order valence-electron chi connectivity index (χ2n) is 7.47. The molecule has 1 N–H and O–H groups in total. The summed E-state index contributed by atoms with van der Waals surface area (Å²) in [4.78, 5) is 48.7. The van der Waals surface area contributed by atoms with Gasteiger partial charge < -0.3 is 5.32 Å². The van der Waals surface area contributed by atoms with Gasteiger partial charge in [0.25, 0.3) is 5.91 Å². The van der Waals surface area contributed by atoms with Gasteiger partial charge in [-0.15, -0.1) is 0 Å². The molecule has 29 heavy (non-hydrogen) atoms. The second kappa shape index (κ2) is 7.40. The van der Waals surface area contributed by atoms with Crippen molar-refractivity contribution in [1.82, 2.24) is 15.3 Å². The number of aromatic nitrogens is 2. The molecule has 0 saturated carbocycles. The number of nitrogens with zero attached hydrogens (tertiary/aromatic N) is 3. The Morgan fingerprint density at radius 3 is 2.72 bits per heavy atom. The molecule has 2 aromatic heterocycles. The number of halogens is 1. The summed E-state index contributed by atoms with van der Waals surface area (Å²) in [6, 6.07) is 5.82. The van der Waals surface area contributed by atoms with Crippen LogP contribution in [0.15, 0.2) is 48.1 Å². The van der Waals surface area contributed by atoms with Crippen molar-refractivity contribution in [2.75, 3.05) is 11.4 Å². The molecule has 7 nitrogen and oxygen atoms in total. The highest BCUT2D eigenvalue weighted by Gasteiger charge is 2.52. The standard InChI is InChI=1S/C21H19ClN4O3/c1-11(2)10-23-20(28)18-17-13(4-3-5-14(17)27)21(29)26(18)16-9-7-12-6-8-15(22)24-19(12)25-16/h3-9,11,17-18H,10H2,1-2H3,(H,23,28). The summed E-state index contributed by atoms with van der Waals surface area (Å²) in [6.45, 7) is 4.38. The maximum Gasteiger partial charge on any atom is 0.256 e. The van der Waals surface area contributed by atoms with Crippen LogP contribution in [-0.2, 0) is 14.4 Å². The van der Waals surface area contributed by atoms with Crippen molar-refractivity contribution in [2.45, 2.75) is 19.9 Å². The van der Waals surface area contributed by atoms with E-state index in [1.807, 2.05) is 13.8 Å². The summed E-state index contributed by atoms with van der Waals surface area (Å²) in [6.07, 6.45) is 4.52. The van der Waals surface area contributed by atoms with Crippen LogP contribution in [0.1, 0.15) is 13.8 Å². The zero-order valence-electron chi connectivity index (χ0n) is 15.9. The molecular formula is C21H19ClN4O3. The zero-order valence-corrected chi connectivity index (χ0v) is 16.7. The van der Waals surface area contributed by atoms with Crippen molar-refractivity contribution in [3.63, 3.8) is 0 Å². The van der Waals surface area contributed by atoms with Gasteiger partial charge in [-0.3, -0.25) is 19.3 Å². The van der Waals surface area contributed by atoms with E-state index in [4.69, 9.17) is 11.6 Å². The van der Waals surface area contributed by atoms with Crippen molar-refractivity contribution in [3.05, 3.63) is 53.2 Å². The van der Waals surface area contributed by atoms with E-state index in [0.29, 0.717) is 17.8 Å². The number of anilines is 1. The Labute approximate surface area is 172 Å². The van der Waals surface area contributed by atoms with E-state index in [9.17, 15) is 14.4 Å². The molecule has 1 aliphatic carbocycles. The highest BCUT2D eigenvalue weighted by atomic mass is 35.5. The lowest BCUT2D eigenvalue weighted by molar-refractivity contribution is -0.127. The molecule has 2 aliphatic rings. The van der Waals surface area contributed by atoms with Crippen LogP contribution in [-0.4, -0.2) is 40.2 Å². The molecule has 8 heteroatoms. The number of nitrogens with one attached hydrogen (secondary N) is 1. The Morgan fingerprint density at radius 1 is 1.21 bits per heavy atom. The number of hydrogen-bond donors (Lipinski definition) is 1. The fourth-order valence-electron chi connectivity index (χ4n) is 3.58. The number of amides is 2. The van der Waals surface area contributed by atoms with Gasteiger partial charge in [0.1, 0.15) is 17.0 Å². The molecule has 0 spiro atoms. The topological polar surface area (TPSA) is 92.3 Å². The molecule has 1 saturated heterocycles. The zero-order chi connectivity index (χ0) is 20.7. The van der Waals surface area contributed by atoms with E-state index < -0.39 is 17.9 Å². The maximum atomic E-state index is 13.1. The molecule has 2 aromatic rings. The van der Waals surface area contributed by atoms with Crippen LogP contribution in [0.3, 0.4) is 0 Å². The van der Waals surface area contributed by atoms with E-state index >= 15 is 0 Å². The molecule has 148 valence electrons. The van der Waals surface area contributed by atoms with E-state index in [2.05, 4.69) is 15.3 Å². The quantitative estimate of drug-likeness (QED) is 0.781. The van der Waals surface area contributed by atoms with Gasteiger partial charge in [-0.25, -0.2) is 9.97 Å². The predicted molar refractivity (Wildman–Crippen MR) is 109 cm³/mol. The fourth-order valence-corrected chi connectivity index (χ4v) is 3.72. The molecule has 3 heterocycles. The Balaban J connectivity index is 1.79. The first-order valence-electron chi connectivity index (χ1n) is 9.33. The first-order valence-corrected chi connectivity index (χ1v) is 9.71. The lowest BCUT2D eigenvalue weighted by Gasteiger charge is -2.26. The summed E-state index contributed by atoms with van der Waals surface area (Å²) in [5, 5.41) is 3.87. The molecular weight excluding hydrogens is 392 g/mol. The molecule has 1 aliphatic heterocycles. The third-order valence-corrected chi connectivity index (χ3v) is 5.15. The Morgan fingerprint density at radius 2 is 1.97 bits per heavy atom. The number of pyridine rings is 2. The summed E-state index contributed by atoms with van der Waals surface area (Å²) in [5.74, 6) is -1.44. The van der Waals surface area contributed by atoms with Gasteiger partial charge in [0.05, 0.1) is 5.92 Å². The highest BCUT2D eigenvalue weighted by Crippen LogP contribution is 2.37. The first-order chi connectivity index (χ1) is 13.9. The number of ketones is 1. The van der Waals surface area contributed by atoms with Gasteiger partial charge in [0.2, 0.25) is 5.91 Å². The predicted octanol–water partition coefficient (Wildman–Crippen LogP) is 2.45. The molecule has 2 amide bonds. The minimum Gasteiger partial charge on any atom is -0.354 e. The van der Waals surface area contributed by atoms with Crippen molar-refractivity contribution in [1.29, 1.82) is 0 Å². The summed E-state index contributed by atoms with van der Waals surface area (Å²) in [7, 11) is 0. The van der Waals surface area contributed by atoms with Crippen LogP contribution >= 0.6 is 11.6 Å². The molecule has 2 unspecified atom stereocenters. The minimum absolute atomic E-state index is 0.228. The SMILES string of the molecule is CC(C)CNC(=O)C1C2C(=O)C=CC=C2C(=O)N1c1ccc2ccc(Cl)nc2n1. The number of carbonyl (C=O) groups is 3. The summed E-state index contributed by atoms with van der Waals surface area (Å²) in [5.41, 5.74) is 0.653. The monoisotopic (exact) mass is 410 g/mol. The van der Waals surface area contributed by atoms with Gasteiger partial charge in [0.15, 0.2) is 11.4 Å². The average molecular weight is 411 g/mol. The maximum absolute atomic E-state index is 13.1. The van der Waals surface area contributed by atoms with Crippen LogP contribution in [0.2, 0.25) is 5.15 Å². The third kappa shape index (κ3) is 3.42. The van der Waals surface area contributed by atoms with E-state index in [1.54, 1.807) is 30.3 Å². The highest BCUT2D eigenvalue weighted by molar-refractivity contribution is 6.29.